The number of aliphatic carboxylic acids is 1. The van der Waals surface area contributed by atoms with Crippen molar-refractivity contribution in [3.05, 3.63) is 29.5 Å². The van der Waals surface area contributed by atoms with Gasteiger partial charge >= 0.3 is 5.97 Å². The van der Waals surface area contributed by atoms with Crippen LogP contribution in [0.4, 0.5) is 0 Å². The number of para-hydroxylation sites is 1. The average Bonchev–Trinajstić information content (AvgIpc) is 2.69. The maximum absolute atomic E-state index is 11.3. The number of benzene rings is 1. The van der Waals surface area contributed by atoms with E-state index >= 15 is 0 Å². The number of ether oxygens (including phenoxy) is 1. The molecule has 2 rings (SSSR count). The van der Waals surface area contributed by atoms with E-state index in [9.17, 15) is 13.2 Å². The molecule has 0 unspecified atom stereocenters. The minimum absolute atomic E-state index is 0.0304. The van der Waals surface area contributed by atoms with Crippen LogP contribution in [0.5, 0.6) is 5.75 Å². The molecule has 0 spiro atoms. The molecular weight excluding hydrogens is 296 g/mol. The molecular formula is C14H16O6S. The number of carboxylic acid groups (broad SMARTS) is 1. The highest BCUT2D eigenvalue weighted by Crippen LogP contribution is 2.33. The summed E-state index contributed by atoms with van der Waals surface area (Å²) in [7, 11) is -3.07. The van der Waals surface area contributed by atoms with Crippen LogP contribution in [0, 0.1) is 6.92 Å². The lowest BCUT2D eigenvalue weighted by molar-refractivity contribution is -0.139. The summed E-state index contributed by atoms with van der Waals surface area (Å²) in [6, 6.07) is 5.14. The smallest absolute Gasteiger partial charge is 0.341 e. The summed E-state index contributed by atoms with van der Waals surface area (Å²) in [5.41, 5.74) is 1.25. The first kappa shape index (κ1) is 15.4. The molecule has 0 aliphatic heterocycles. The van der Waals surface area contributed by atoms with E-state index in [0.29, 0.717) is 23.5 Å². The van der Waals surface area contributed by atoms with E-state index < -0.39 is 22.4 Å². The van der Waals surface area contributed by atoms with Crippen molar-refractivity contribution in [3.63, 3.8) is 0 Å². The highest BCUT2D eigenvalue weighted by molar-refractivity contribution is 7.90. The number of rotatable bonds is 6. The number of furan rings is 1. The second kappa shape index (κ2) is 5.77. The topological polar surface area (TPSA) is 93.8 Å². The van der Waals surface area contributed by atoms with Gasteiger partial charge in [-0.15, -0.1) is 0 Å². The molecule has 0 fully saturated rings. The minimum Gasteiger partial charge on any atom is -0.479 e. The molecule has 0 bridgehead atoms. The number of sulfone groups is 1. The van der Waals surface area contributed by atoms with E-state index in [-0.39, 0.29) is 5.75 Å². The van der Waals surface area contributed by atoms with E-state index in [2.05, 4.69) is 0 Å². The van der Waals surface area contributed by atoms with Gasteiger partial charge in [0.05, 0.1) is 5.75 Å². The van der Waals surface area contributed by atoms with Gasteiger partial charge in [-0.05, 0) is 19.4 Å². The minimum atomic E-state index is -3.07. The zero-order valence-corrected chi connectivity index (χ0v) is 12.6. The molecule has 0 aliphatic rings. The molecule has 7 heteroatoms. The van der Waals surface area contributed by atoms with Gasteiger partial charge in [-0.25, -0.2) is 13.2 Å². The maximum atomic E-state index is 11.3. The lowest BCUT2D eigenvalue weighted by Gasteiger charge is -2.03. The van der Waals surface area contributed by atoms with E-state index in [1.54, 1.807) is 25.1 Å². The molecule has 1 N–H and O–H groups in total. The predicted molar refractivity (Wildman–Crippen MR) is 77.5 cm³/mol. The fourth-order valence-corrected chi connectivity index (χ4v) is 2.69. The molecule has 1 aromatic carbocycles. The van der Waals surface area contributed by atoms with E-state index in [0.717, 1.165) is 10.9 Å². The van der Waals surface area contributed by atoms with Crippen molar-refractivity contribution in [1.82, 2.24) is 0 Å². The van der Waals surface area contributed by atoms with Gasteiger partial charge < -0.3 is 14.3 Å². The molecule has 0 aliphatic carbocycles. The van der Waals surface area contributed by atoms with Crippen LogP contribution in [-0.4, -0.2) is 38.1 Å². The monoisotopic (exact) mass is 312 g/mol. The number of aryl methyl sites for hydroxylation is 2. The Morgan fingerprint density at radius 3 is 2.71 bits per heavy atom. The SMILES string of the molecule is Cc1oc2c(OCC(=O)O)cccc2c1CCS(C)(=O)=O. The number of fused-ring (bicyclic) bond motifs is 1. The zero-order chi connectivity index (χ0) is 15.6. The molecule has 1 aromatic heterocycles. The second-order valence-electron chi connectivity index (χ2n) is 4.83. The third-order valence-corrected chi connectivity index (χ3v) is 4.00. The maximum Gasteiger partial charge on any atom is 0.341 e. The molecule has 0 saturated carbocycles. The third-order valence-electron chi connectivity index (χ3n) is 3.06. The van der Waals surface area contributed by atoms with Crippen LogP contribution >= 0.6 is 0 Å². The van der Waals surface area contributed by atoms with Crippen LogP contribution in [0.25, 0.3) is 11.0 Å². The Labute approximate surface area is 122 Å². The number of carboxylic acids is 1. The summed E-state index contributed by atoms with van der Waals surface area (Å²) in [6.45, 7) is 1.29. The van der Waals surface area contributed by atoms with Crippen LogP contribution in [0.3, 0.4) is 0 Å². The number of hydrogen-bond acceptors (Lipinski definition) is 5. The summed E-state index contributed by atoms with van der Waals surface area (Å²) in [5.74, 6) is -0.0981. The summed E-state index contributed by atoms with van der Waals surface area (Å²) in [6.07, 6.45) is 1.53. The van der Waals surface area contributed by atoms with Crippen molar-refractivity contribution in [3.8, 4) is 5.75 Å². The van der Waals surface area contributed by atoms with Crippen molar-refractivity contribution < 1.29 is 27.5 Å². The number of hydrogen-bond donors (Lipinski definition) is 1. The quantitative estimate of drug-likeness (QED) is 0.874. The number of carbonyl (C=O) groups is 1. The standard InChI is InChI=1S/C14H16O6S/c1-9-10(6-7-21(2,17)18)11-4-3-5-12(14(11)20-9)19-8-13(15)16/h3-5H,6-8H2,1-2H3,(H,15,16). The fourth-order valence-electron chi connectivity index (χ4n) is 2.11. The Morgan fingerprint density at radius 1 is 1.38 bits per heavy atom. The van der Waals surface area contributed by atoms with E-state index in [1.165, 1.54) is 6.26 Å². The molecule has 6 nitrogen and oxygen atoms in total. The van der Waals surface area contributed by atoms with Crippen LogP contribution in [-0.2, 0) is 21.1 Å². The third kappa shape index (κ3) is 3.75. The van der Waals surface area contributed by atoms with Gasteiger partial charge in [-0.1, -0.05) is 12.1 Å². The Balaban J connectivity index is 2.37. The molecule has 1 heterocycles. The summed E-state index contributed by atoms with van der Waals surface area (Å²) in [4.78, 5) is 10.6. The molecule has 114 valence electrons. The normalized spacial score (nSPS) is 11.7. The van der Waals surface area contributed by atoms with Crippen molar-refractivity contribution in [2.45, 2.75) is 13.3 Å². The summed E-state index contributed by atoms with van der Waals surface area (Å²) < 4.78 is 33.4. The van der Waals surface area contributed by atoms with Crippen LogP contribution in [0.1, 0.15) is 11.3 Å². The van der Waals surface area contributed by atoms with Crippen LogP contribution < -0.4 is 4.74 Å². The Hall–Kier alpha value is -2.02. The van der Waals surface area contributed by atoms with Gasteiger partial charge in [0.25, 0.3) is 0 Å². The van der Waals surface area contributed by atoms with Gasteiger partial charge in [0.15, 0.2) is 17.9 Å². The van der Waals surface area contributed by atoms with Gasteiger partial charge in [-0.2, -0.15) is 0 Å². The first-order valence-corrected chi connectivity index (χ1v) is 8.37. The Kier molecular flexibility index (Phi) is 4.22. The Bertz CT molecular complexity index is 772. The van der Waals surface area contributed by atoms with Crippen molar-refractivity contribution >= 4 is 26.8 Å². The lowest BCUT2D eigenvalue weighted by atomic mass is 10.1. The molecule has 2 aromatic rings. The van der Waals surface area contributed by atoms with E-state index in [4.69, 9.17) is 14.3 Å². The van der Waals surface area contributed by atoms with Gasteiger partial charge in [0, 0.05) is 17.2 Å². The first-order chi connectivity index (χ1) is 9.78. The second-order valence-corrected chi connectivity index (χ2v) is 7.09. The van der Waals surface area contributed by atoms with Crippen LogP contribution in [0.2, 0.25) is 0 Å². The first-order valence-electron chi connectivity index (χ1n) is 6.31. The molecule has 0 radical (unpaired) electrons. The molecule has 21 heavy (non-hydrogen) atoms. The largest absolute Gasteiger partial charge is 0.479 e. The molecule has 0 amide bonds. The van der Waals surface area contributed by atoms with E-state index in [1.807, 2.05) is 0 Å². The zero-order valence-electron chi connectivity index (χ0n) is 11.8. The molecule has 0 saturated heterocycles. The van der Waals surface area contributed by atoms with Gasteiger partial charge in [-0.3, -0.25) is 0 Å². The van der Waals surface area contributed by atoms with Crippen LogP contribution in [0.15, 0.2) is 22.6 Å². The predicted octanol–water partition coefficient (Wildman–Crippen LogP) is 1.79. The lowest BCUT2D eigenvalue weighted by Crippen LogP contribution is -2.09. The highest BCUT2D eigenvalue weighted by atomic mass is 32.2. The van der Waals surface area contributed by atoms with Crippen molar-refractivity contribution in [1.29, 1.82) is 0 Å². The molecule has 0 atom stereocenters. The highest BCUT2D eigenvalue weighted by Gasteiger charge is 2.16. The summed E-state index contributed by atoms with van der Waals surface area (Å²) >= 11 is 0. The fraction of sp³-hybridized carbons (Fsp3) is 0.357. The van der Waals surface area contributed by atoms with Crippen molar-refractivity contribution in [2.24, 2.45) is 0 Å². The van der Waals surface area contributed by atoms with Crippen molar-refractivity contribution in [2.75, 3.05) is 18.6 Å². The average molecular weight is 312 g/mol. The van der Waals surface area contributed by atoms with Gasteiger partial charge in [0.2, 0.25) is 0 Å². The summed E-state index contributed by atoms with van der Waals surface area (Å²) in [5, 5.41) is 9.41. The van der Waals surface area contributed by atoms with Gasteiger partial charge in [0.1, 0.15) is 15.6 Å². The Morgan fingerprint density at radius 2 is 2.10 bits per heavy atom.